The van der Waals surface area contributed by atoms with Gasteiger partial charge in [-0.15, -0.1) is 0 Å². The van der Waals surface area contributed by atoms with Crippen LogP contribution in [-0.4, -0.2) is 50.6 Å². The van der Waals surface area contributed by atoms with Gasteiger partial charge >= 0.3 is 12.1 Å². The van der Waals surface area contributed by atoms with E-state index in [1.807, 2.05) is 0 Å². The Morgan fingerprint density at radius 1 is 1.21 bits per heavy atom. The van der Waals surface area contributed by atoms with E-state index in [0.717, 1.165) is 6.07 Å². The number of halogens is 3. The number of nitrogens with zero attached hydrogens (tertiary/aromatic N) is 2. The van der Waals surface area contributed by atoms with Crippen LogP contribution >= 0.6 is 0 Å². The number of benzene rings is 2. The van der Waals surface area contributed by atoms with Gasteiger partial charge in [0.05, 0.1) is 25.8 Å². The molecule has 2 atom stereocenters. The standard InChI is InChI=1S/C24H24F3N3O4/c1-14(31)34-22-17(15-6-8-16(33-2)9-7-15)12-18-19(24(25,26)27)4-3-5-20(18)30(23(22)32)13-21-28-10-11-29-21/h3-9,17,22H,10-13H2,1-2H3,(H,28,29)/t17-,22+/m0/s1. The molecule has 34 heavy (non-hydrogen) atoms. The number of ether oxygens (including phenoxy) is 2. The molecule has 2 aliphatic heterocycles. The second-order valence-electron chi connectivity index (χ2n) is 8.09. The van der Waals surface area contributed by atoms with Gasteiger partial charge in [-0.3, -0.25) is 14.6 Å². The summed E-state index contributed by atoms with van der Waals surface area (Å²) in [6.45, 7) is 2.20. The fourth-order valence-corrected chi connectivity index (χ4v) is 4.40. The summed E-state index contributed by atoms with van der Waals surface area (Å²) in [5, 5.41) is 3.04. The Morgan fingerprint density at radius 2 is 1.94 bits per heavy atom. The molecule has 0 aromatic heterocycles. The molecule has 2 aliphatic rings. The average molecular weight is 475 g/mol. The van der Waals surface area contributed by atoms with Crippen molar-refractivity contribution in [1.29, 1.82) is 0 Å². The van der Waals surface area contributed by atoms with Crippen LogP contribution in [-0.2, 0) is 26.9 Å². The van der Waals surface area contributed by atoms with Crippen LogP contribution in [0.4, 0.5) is 18.9 Å². The predicted molar refractivity (Wildman–Crippen MR) is 119 cm³/mol. The first-order valence-corrected chi connectivity index (χ1v) is 10.8. The third kappa shape index (κ3) is 4.71. The number of carbonyl (C=O) groups is 2. The maximum absolute atomic E-state index is 14.0. The number of esters is 1. The molecule has 1 amide bonds. The molecule has 0 radical (unpaired) electrons. The van der Waals surface area contributed by atoms with E-state index in [1.165, 1.54) is 31.1 Å². The number of anilines is 1. The van der Waals surface area contributed by atoms with Gasteiger partial charge in [0.15, 0.2) is 6.10 Å². The smallest absolute Gasteiger partial charge is 0.416 e. The van der Waals surface area contributed by atoms with Crippen LogP contribution in [0.1, 0.15) is 29.5 Å². The van der Waals surface area contributed by atoms with Crippen molar-refractivity contribution in [3.63, 3.8) is 0 Å². The number of alkyl halides is 3. The number of amidine groups is 1. The number of amides is 1. The van der Waals surface area contributed by atoms with E-state index >= 15 is 0 Å². The van der Waals surface area contributed by atoms with E-state index in [2.05, 4.69) is 10.3 Å². The third-order valence-corrected chi connectivity index (χ3v) is 5.93. The first kappa shape index (κ1) is 23.6. The highest BCUT2D eigenvalue weighted by Crippen LogP contribution is 2.43. The van der Waals surface area contributed by atoms with Crippen molar-refractivity contribution in [2.24, 2.45) is 4.99 Å². The summed E-state index contributed by atoms with van der Waals surface area (Å²) < 4.78 is 52.7. The quantitative estimate of drug-likeness (QED) is 0.672. The van der Waals surface area contributed by atoms with Crippen LogP contribution in [0.3, 0.4) is 0 Å². The minimum Gasteiger partial charge on any atom is -0.497 e. The zero-order chi connectivity index (χ0) is 24.5. The lowest BCUT2D eigenvalue weighted by Gasteiger charge is -2.28. The molecule has 0 aliphatic carbocycles. The van der Waals surface area contributed by atoms with Gasteiger partial charge < -0.3 is 19.7 Å². The molecule has 7 nitrogen and oxygen atoms in total. The van der Waals surface area contributed by atoms with E-state index in [-0.39, 0.29) is 24.2 Å². The minimum atomic E-state index is -4.63. The van der Waals surface area contributed by atoms with Crippen LogP contribution < -0.4 is 15.0 Å². The first-order chi connectivity index (χ1) is 16.2. The summed E-state index contributed by atoms with van der Waals surface area (Å²) in [4.78, 5) is 31.3. The van der Waals surface area contributed by atoms with E-state index in [0.29, 0.717) is 30.2 Å². The maximum Gasteiger partial charge on any atom is 0.416 e. The molecule has 0 unspecified atom stereocenters. The Labute approximate surface area is 194 Å². The van der Waals surface area contributed by atoms with Crippen LogP contribution in [0.2, 0.25) is 0 Å². The Balaban J connectivity index is 1.89. The highest BCUT2D eigenvalue weighted by molar-refractivity contribution is 6.04. The molecule has 0 saturated heterocycles. The third-order valence-electron chi connectivity index (χ3n) is 5.93. The van der Waals surface area contributed by atoms with E-state index < -0.39 is 35.6 Å². The zero-order valence-corrected chi connectivity index (χ0v) is 18.7. The van der Waals surface area contributed by atoms with Crippen molar-refractivity contribution < 1.29 is 32.2 Å². The molecule has 2 aromatic carbocycles. The fourth-order valence-electron chi connectivity index (χ4n) is 4.40. The van der Waals surface area contributed by atoms with E-state index in [4.69, 9.17) is 9.47 Å². The number of nitrogens with one attached hydrogen (secondary N) is 1. The molecule has 2 heterocycles. The number of hydrogen-bond donors (Lipinski definition) is 1. The largest absolute Gasteiger partial charge is 0.497 e. The lowest BCUT2D eigenvalue weighted by atomic mass is 9.86. The maximum atomic E-state index is 14.0. The molecular formula is C24H24F3N3O4. The van der Waals surface area contributed by atoms with Crippen LogP contribution in [0.15, 0.2) is 47.5 Å². The normalized spacial score (nSPS) is 20.2. The Kier molecular flexibility index (Phi) is 6.49. The van der Waals surface area contributed by atoms with E-state index in [9.17, 15) is 22.8 Å². The molecule has 4 rings (SSSR count). The zero-order valence-electron chi connectivity index (χ0n) is 18.7. The van der Waals surface area contributed by atoms with Crippen LogP contribution in [0.5, 0.6) is 5.75 Å². The van der Waals surface area contributed by atoms with Crippen molar-refractivity contribution in [1.82, 2.24) is 5.32 Å². The molecule has 1 N–H and O–H groups in total. The second kappa shape index (κ2) is 9.36. The van der Waals surface area contributed by atoms with E-state index in [1.54, 1.807) is 24.3 Å². The van der Waals surface area contributed by atoms with Gasteiger partial charge in [-0.25, -0.2) is 0 Å². The van der Waals surface area contributed by atoms with Crippen molar-refractivity contribution in [3.05, 3.63) is 59.2 Å². The summed E-state index contributed by atoms with van der Waals surface area (Å²) >= 11 is 0. The number of hydrogen-bond acceptors (Lipinski definition) is 6. The number of fused-ring (bicyclic) bond motifs is 1. The summed E-state index contributed by atoms with van der Waals surface area (Å²) in [5.41, 5.74) is -0.172. The van der Waals surface area contributed by atoms with Crippen molar-refractivity contribution >= 4 is 23.4 Å². The summed E-state index contributed by atoms with van der Waals surface area (Å²) in [6.07, 6.45) is -6.10. The van der Waals surface area contributed by atoms with Gasteiger partial charge in [0.25, 0.3) is 5.91 Å². The lowest BCUT2D eigenvalue weighted by molar-refractivity contribution is -0.154. The van der Waals surface area contributed by atoms with Crippen LogP contribution in [0, 0.1) is 0 Å². The monoisotopic (exact) mass is 475 g/mol. The predicted octanol–water partition coefficient (Wildman–Crippen LogP) is 3.32. The molecule has 0 bridgehead atoms. The number of aliphatic imine (C=N–C) groups is 1. The lowest BCUT2D eigenvalue weighted by Crippen LogP contribution is -2.46. The molecule has 2 aromatic rings. The van der Waals surface area contributed by atoms with Gasteiger partial charge in [-0.05, 0) is 41.8 Å². The molecule has 10 heteroatoms. The van der Waals surface area contributed by atoms with Crippen molar-refractivity contribution in [3.8, 4) is 5.75 Å². The summed E-state index contributed by atoms with van der Waals surface area (Å²) in [5.74, 6) is -1.11. The van der Waals surface area contributed by atoms with Gasteiger partial charge in [0, 0.05) is 25.1 Å². The highest BCUT2D eigenvalue weighted by atomic mass is 19.4. The van der Waals surface area contributed by atoms with Gasteiger partial charge in [0.2, 0.25) is 0 Å². The minimum absolute atomic E-state index is 0.0302. The molecular weight excluding hydrogens is 451 g/mol. The topological polar surface area (TPSA) is 80.2 Å². The molecule has 0 spiro atoms. The Bertz CT molecular complexity index is 1120. The van der Waals surface area contributed by atoms with Gasteiger partial charge in [-0.2, -0.15) is 13.2 Å². The summed E-state index contributed by atoms with van der Waals surface area (Å²) in [7, 11) is 1.50. The summed E-state index contributed by atoms with van der Waals surface area (Å²) in [6, 6.07) is 10.4. The van der Waals surface area contributed by atoms with Gasteiger partial charge in [-0.1, -0.05) is 18.2 Å². The average Bonchev–Trinajstić information content (AvgIpc) is 3.28. The highest BCUT2D eigenvalue weighted by Gasteiger charge is 2.44. The Hall–Kier alpha value is -3.56. The Morgan fingerprint density at radius 3 is 2.53 bits per heavy atom. The number of rotatable bonds is 5. The molecule has 0 fully saturated rings. The first-order valence-electron chi connectivity index (χ1n) is 10.8. The molecule has 180 valence electrons. The number of carbonyl (C=O) groups excluding carboxylic acids is 2. The fraction of sp³-hybridized carbons (Fsp3) is 0.375. The van der Waals surface area contributed by atoms with Crippen LogP contribution in [0.25, 0.3) is 0 Å². The SMILES string of the molecule is COc1ccc([C@@H]2Cc3c(cccc3C(F)(F)F)N(CC3=NCCN3)C(=O)[C@@H]2OC(C)=O)cc1. The molecule has 0 saturated carbocycles. The van der Waals surface area contributed by atoms with Crippen molar-refractivity contribution in [2.75, 3.05) is 31.6 Å². The van der Waals surface area contributed by atoms with Crippen molar-refractivity contribution in [2.45, 2.75) is 31.5 Å². The van der Waals surface area contributed by atoms with Gasteiger partial charge in [0.1, 0.15) is 11.6 Å². The number of methoxy groups -OCH3 is 1. The second-order valence-corrected chi connectivity index (χ2v) is 8.09.